The summed E-state index contributed by atoms with van der Waals surface area (Å²) in [7, 11) is 0. The summed E-state index contributed by atoms with van der Waals surface area (Å²) >= 11 is 5.94. The van der Waals surface area contributed by atoms with Gasteiger partial charge in [0.25, 0.3) is 11.6 Å². The van der Waals surface area contributed by atoms with E-state index in [1.54, 1.807) is 24.5 Å². The molecule has 29 heavy (non-hydrogen) atoms. The van der Waals surface area contributed by atoms with Gasteiger partial charge >= 0.3 is 0 Å². The minimum atomic E-state index is -0.573. The number of halogens is 1. The lowest BCUT2D eigenvalue weighted by molar-refractivity contribution is -0.384. The molecule has 1 aromatic carbocycles. The first-order chi connectivity index (χ1) is 14.0. The molecule has 2 heterocycles. The number of pyridine rings is 1. The van der Waals surface area contributed by atoms with E-state index in [1.807, 2.05) is 12.1 Å². The van der Waals surface area contributed by atoms with Gasteiger partial charge in [0, 0.05) is 31.4 Å². The first-order valence-electron chi connectivity index (χ1n) is 8.50. The van der Waals surface area contributed by atoms with Gasteiger partial charge < -0.3 is 16.0 Å². The van der Waals surface area contributed by atoms with E-state index in [2.05, 4.69) is 31.1 Å². The van der Waals surface area contributed by atoms with Crippen LogP contribution in [0.5, 0.6) is 0 Å². The number of amides is 1. The van der Waals surface area contributed by atoms with E-state index in [0.717, 1.165) is 11.8 Å². The molecule has 11 heteroatoms. The zero-order valence-corrected chi connectivity index (χ0v) is 15.8. The molecular weight excluding hydrogens is 398 g/mol. The van der Waals surface area contributed by atoms with E-state index >= 15 is 0 Å². The number of hydrogen-bond acceptors (Lipinski definition) is 8. The number of nitrogens with one attached hydrogen (secondary N) is 3. The highest BCUT2D eigenvalue weighted by Crippen LogP contribution is 2.22. The number of benzene rings is 1. The van der Waals surface area contributed by atoms with Gasteiger partial charge in [0.05, 0.1) is 27.4 Å². The van der Waals surface area contributed by atoms with Gasteiger partial charge in [-0.3, -0.25) is 19.9 Å². The van der Waals surface area contributed by atoms with E-state index in [0.29, 0.717) is 24.7 Å². The Labute approximate surface area is 170 Å². The van der Waals surface area contributed by atoms with Gasteiger partial charge in [-0.2, -0.15) is 0 Å². The van der Waals surface area contributed by atoms with Crippen molar-refractivity contribution in [1.82, 2.24) is 20.5 Å². The summed E-state index contributed by atoms with van der Waals surface area (Å²) in [6.07, 6.45) is 3.35. The van der Waals surface area contributed by atoms with Crippen molar-refractivity contribution in [2.24, 2.45) is 0 Å². The molecule has 0 fully saturated rings. The van der Waals surface area contributed by atoms with Crippen LogP contribution in [0.4, 0.5) is 23.0 Å². The summed E-state index contributed by atoms with van der Waals surface area (Å²) < 4.78 is 0. The smallest absolute Gasteiger partial charge is 0.270 e. The maximum Gasteiger partial charge on any atom is 0.270 e. The molecule has 0 atom stereocenters. The minimum absolute atomic E-state index is 0.0206. The second-order valence-electron chi connectivity index (χ2n) is 5.77. The number of carbonyl (C=O) groups excluding carboxylic acids is 1. The maximum absolute atomic E-state index is 12.1. The Morgan fingerprint density at radius 3 is 2.55 bits per heavy atom. The van der Waals surface area contributed by atoms with Crippen LogP contribution in [0, 0.1) is 10.1 Å². The second-order valence-corrected chi connectivity index (χ2v) is 6.18. The van der Waals surface area contributed by atoms with Crippen molar-refractivity contribution in [3.63, 3.8) is 0 Å². The molecule has 0 radical (unpaired) electrons. The van der Waals surface area contributed by atoms with Crippen molar-refractivity contribution < 1.29 is 9.72 Å². The maximum atomic E-state index is 12.1. The molecule has 0 bridgehead atoms. The van der Waals surface area contributed by atoms with Gasteiger partial charge in [-0.05, 0) is 30.3 Å². The molecule has 3 rings (SSSR count). The van der Waals surface area contributed by atoms with E-state index in [1.165, 1.54) is 12.1 Å². The van der Waals surface area contributed by atoms with Crippen molar-refractivity contribution in [3.8, 4) is 0 Å². The SMILES string of the molecule is O=C(NCCNc1ccc(Nc2cccnc2)nn1)c1ccc([N+](=O)[O-])cc1Cl. The van der Waals surface area contributed by atoms with Crippen LogP contribution in [0.1, 0.15) is 10.4 Å². The Kier molecular flexibility index (Phi) is 6.48. The Bertz CT molecular complexity index is 1000. The standard InChI is InChI=1S/C18H16ClN7O3/c19-15-10-13(26(28)29)3-4-14(15)18(27)22-9-8-21-16-5-6-17(25-24-16)23-12-2-1-7-20-11-12/h1-7,10-11H,8-9H2,(H,21,24)(H,22,27)(H,23,25). The summed E-state index contributed by atoms with van der Waals surface area (Å²) in [6, 6.07) is 10.9. The summed E-state index contributed by atoms with van der Waals surface area (Å²) in [5, 5.41) is 27.6. The number of hydrogen-bond donors (Lipinski definition) is 3. The average molecular weight is 414 g/mol. The second kappa shape index (κ2) is 9.42. The van der Waals surface area contributed by atoms with Crippen LogP contribution in [0.15, 0.2) is 54.9 Å². The summed E-state index contributed by atoms with van der Waals surface area (Å²) in [5.74, 6) is 0.697. The Morgan fingerprint density at radius 2 is 1.90 bits per heavy atom. The largest absolute Gasteiger partial charge is 0.367 e. The molecule has 0 aliphatic rings. The van der Waals surface area contributed by atoms with Gasteiger partial charge in [0.2, 0.25) is 0 Å². The molecule has 3 N–H and O–H groups in total. The predicted octanol–water partition coefficient (Wildman–Crippen LogP) is 3.02. The number of non-ortho nitro benzene ring substituents is 1. The molecular formula is C18H16ClN7O3. The highest BCUT2D eigenvalue weighted by Gasteiger charge is 2.14. The Morgan fingerprint density at radius 1 is 1.10 bits per heavy atom. The molecule has 1 amide bonds. The third-order valence-corrected chi connectivity index (χ3v) is 4.04. The molecule has 0 unspecified atom stereocenters. The van der Waals surface area contributed by atoms with Crippen LogP contribution in [-0.2, 0) is 0 Å². The number of carbonyl (C=O) groups is 1. The number of rotatable bonds is 8. The predicted molar refractivity (Wildman–Crippen MR) is 108 cm³/mol. The summed E-state index contributed by atoms with van der Waals surface area (Å²) in [5.41, 5.74) is 0.797. The molecule has 0 spiro atoms. The molecule has 3 aromatic rings. The van der Waals surface area contributed by atoms with Crippen molar-refractivity contribution in [2.45, 2.75) is 0 Å². The van der Waals surface area contributed by atoms with Crippen molar-refractivity contribution in [2.75, 3.05) is 23.7 Å². The van der Waals surface area contributed by atoms with E-state index < -0.39 is 10.8 Å². The van der Waals surface area contributed by atoms with Gasteiger partial charge in [-0.1, -0.05) is 11.6 Å². The Balaban J connectivity index is 1.45. The number of aromatic nitrogens is 3. The number of anilines is 3. The number of nitrogens with zero attached hydrogens (tertiary/aromatic N) is 4. The van der Waals surface area contributed by atoms with Crippen LogP contribution in [0.3, 0.4) is 0 Å². The zero-order valence-electron chi connectivity index (χ0n) is 15.0. The Hall–Kier alpha value is -3.79. The molecule has 0 saturated carbocycles. The fraction of sp³-hybridized carbons (Fsp3) is 0.111. The molecule has 0 saturated heterocycles. The summed E-state index contributed by atoms with van der Waals surface area (Å²) in [4.78, 5) is 26.3. The van der Waals surface area contributed by atoms with Crippen LogP contribution < -0.4 is 16.0 Å². The fourth-order valence-electron chi connectivity index (χ4n) is 2.34. The van der Waals surface area contributed by atoms with Crippen molar-refractivity contribution >= 4 is 40.5 Å². The van der Waals surface area contributed by atoms with E-state index in [-0.39, 0.29) is 16.3 Å². The molecule has 148 valence electrons. The monoisotopic (exact) mass is 413 g/mol. The first kappa shape index (κ1) is 20.0. The van der Waals surface area contributed by atoms with Gasteiger partial charge in [0.1, 0.15) is 5.82 Å². The van der Waals surface area contributed by atoms with Crippen molar-refractivity contribution in [3.05, 3.63) is 75.6 Å². The fourth-order valence-corrected chi connectivity index (χ4v) is 2.60. The van der Waals surface area contributed by atoms with E-state index in [9.17, 15) is 14.9 Å². The number of nitro benzene ring substituents is 1. The van der Waals surface area contributed by atoms with Crippen LogP contribution in [0.25, 0.3) is 0 Å². The summed E-state index contributed by atoms with van der Waals surface area (Å²) in [6.45, 7) is 0.698. The van der Waals surface area contributed by atoms with Gasteiger partial charge in [0.15, 0.2) is 5.82 Å². The molecule has 2 aromatic heterocycles. The lowest BCUT2D eigenvalue weighted by atomic mass is 10.2. The van der Waals surface area contributed by atoms with E-state index in [4.69, 9.17) is 11.6 Å². The number of nitro groups is 1. The van der Waals surface area contributed by atoms with Crippen molar-refractivity contribution in [1.29, 1.82) is 0 Å². The molecule has 10 nitrogen and oxygen atoms in total. The highest BCUT2D eigenvalue weighted by atomic mass is 35.5. The molecule has 0 aliphatic carbocycles. The van der Waals surface area contributed by atoms with Crippen LogP contribution >= 0.6 is 11.6 Å². The lowest BCUT2D eigenvalue weighted by Crippen LogP contribution is -2.29. The average Bonchev–Trinajstić information content (AvgIpc) is 2.73. The lowest BCUT2D eigenvalue weighted by Gasteiger charge is -2.09. The van der Waals surface area contributed by atoms with Gasteiger partial charge in [-0.15, -0.1) is 10.2 Å². The topological polar surface area (TPSA) is 135 Å². The zero-order chi connectivity index (χ0) is 20.6. The third-order valence-electron chi connectivity index (χ3n) is 3.72. The highest BCUT2D eigenvalue weighted by molar-refractivity contribution is 6.34. The van der Waals surface area contributed by atoms with Crippen LogP contribution in [0.2, 0.25) is 5.02 Å². The normalized spacial score (nSPS) is 10.2. The first-order valence-corrected chi connectivity index (χ1v) is 8.87. The third kappa shape index (κ3) is 5.59. The van der Waals surface area contributed by atoms with Gasteiger partial charge in [-0.25, -0.2) is 0 Å². The molecule has 0 aliphatic heterocycles. The minimum Gasteiger partial charge on any atom is -0.367 e. The quantitative estimate of drug-likeness (QED) is 0.291. The van der Waals surface area contributed by atoms with Crippen LogP contribution in [-0.4, -0.2) is 39.1 Å².